The summed E-state index contributed by atoms with van der Waals surface area (Å²) in [7, 11) is 0. The van der Waals surface area contributed by atoms with Crippen molar-refractivity contribution in [3.05, 3.63) is 23.8 Å². The average molecular weight is 374 g/mol. The number of aliphatic hydroxyl groups excluding tert-OH is 1. The van der Waals surface area contributed by atoms with Gasteiger partial charge in [-0.1, -0.05) is 23.9 Å². The first-order valence-electron chi connectivity index (χ1n) is 8.05. The molecule has 0 saturated carbocycles. The van der Waals surface area contributed by atoms with Crippen LogP contribution in [0.3, 0.4) is 0 Å². The van der Waals surface area contributed by atoms with E-state index in [1.54, 1.807) is 0 Å². The molecule has 0 amide bonds. The van der Waals surface area contributed by atoms with E-state index in [1.165, 1.54) is 11.8 Å². The summed E-state index contributed by atoms with van der Waals surface area (Å²) in [6.45, 7) is 2.06. The Bertz CT molecular complexity index is 947. The number of imidazole rings is 1. The quantitative estimate of drug-likeness (QED) is 0.376. The van der Waals surface area contributed by atoms with Crippen molar-refractivity contribution in [1.82, 2.24) is 19.9 Å². The second-order valence-corrected chi connectivity index (χ2v) is 6.78. The number of anilines is 2. The summed E-state index contributed by atoms with van der Waals surface area (Å²) >= 11 is 1.46. The smallest absolute Gasteiger partial charge is 0.231 e. The second kappa shape index (κ2) is 6.89. The van der Waals surface area contributed by atoms with Crippen molar-refractivity contribution in [3.8, 4) is 11.5 Å². The van der Waals surface area contributed by atoms with Crippen molar-refractivity contribution < 1.29 is 14.6 Å². The van der Waals surface area contributed by atoms with E-state index in [0.717, 1.165) is 17.1 Å². The van der Waals surface area contributed by atoms with Crippen LogP contribution >= 0.6 is 11.8 Å². The van der Waals surface area contributed by atoms with Gasteiger partial charge in [0.15, 0.2) is 39.6 Å². The maximum atomic E-state index is 9.29. The van der Waals surface area contributed by atoms with Gasteiger partial charge in [-0.3, -0.25) is 0 Å². The summed E-state index contributed by atoms with van der Waals surface area (Å²) in [5.41, 5.74) is 7.85. The van der Waals surface area contributed by atoms with E-state index in [0.29, 0.717) is 27.9 Å². The zero-order chi connectivity index (χ0) is 18.1. The molecule has 0 radical (unpaired) electrons. The average Bonchev–Trinajstić information content (AvgIpc) is 3.25. The van der Waals surface area contributed by atoms with Gasteiger partial charge in [-0.25, -0.2) is 15.0 Å². The molecule has 2 aromatic heterocycles. The standard InChI is InChI=1S/C16H18N6O3S/c1-8(5-23)18-13-11-14(20-15(17)19-11)22-16(21-13)26-6-9-3-2-4-10-12(9)25-7-24-10/h2-4,8,23H,5-7H2,1H3,(H4,17,18,19,20,21,22)/t8-/m1/s1. The van der Waals surface area contributed by atoms with Crippen LogP contribution in [0.2, 0.25) is 0 Å². The Kier molecular flexibility index (Phi) is 4.43. The molecule has 9 nitrogen and oxygen atoms in total. The molecular formula is C16H18N6O3S. The number of nitrogens with one attached hydrogen (secondary N) is 2. The Morgan fingerprint density at radius 1 is 1.35 bits per heavy atom. The Hall–Kier alpha value is -2.72. The van der Waals surface area contributed by atoms with Gasteiger partial charge in [0, 0.05) is 17.4 Å². The van der Waals surface area contributed by atoms with Crippen molar-refractivity contribution in [2.45, 2.75) is 23.9 Å². The number of nitrogens with zero attached hydrogens (tertiary/aromatic N) is 3. The number of rotatable bonds is 6. The number of aromatic amines is 1. The SMILES string of the molecule is C[C@H](CO)Nc1nc(SCc2cccc3c2OCO3)nc2[nH]c(N)nc12. The topological polar surface area (TPSA) is 131 Å². The molecule has 5 N–H and O–H groups in total. The highest BCUT2D eigenvalue weighted by Gasteiger charge is 2.19. The van der Waals surface area contributed by atoms with Crippen molar-refractivity contribution in [1.29, 1.82) is 0 Å². The normalized spacial score (nSPS) is 13.9. The second-order valence-electron chi connectivity index (χ2n) is 5.84. The van der Waals surface area contributed by atoms with Crippen LogP contribution in [0.15, 0.2) is 23.4 Å². The number of hydrogen-bond acceptors (Lipinski definition) is 9. The molecule has 0 unspecified atom stereocenters. The summed E-state index contributed by atoms with van der Waals surface area (Å²) in [6.07, 6.45) is 0. The van der Waals surface area contributed by atoms with Crippen molar-refractivity contribution in [2.24, 2.45) is 0 Å². The number of ether oxygens (including phenoxy) is 2. The molecule has 10 heteroatoms. The highest BCUT2D eigenvalue weighted by molar-refractivity contribution is 7.98. The lowest BCUT2D eigenvalue weighted by molar-refractivity contribution is 0.173. The predicted octanol–water partition coefficient (Wildman–Crippen LogP) is 1.75. The van der Waals surface area contributed by atoms with Gasteiger partial charge in [-0.05, 0) is 13.0 Å². The van der Waals surface area contributed by atoms with Crippen molar-refractivity contribution in [2.75, 3.05) is 24.5 Å². The van der Waals surface area contributed by atoms with E-state index in [1.807, 2.05) is 25.1 Å². The number of H-pyrrole nitrogens is 1. The molecule has 0 bridgehead atoms. The van der Waals surface area contributed by atoms with Crippen LogP contribution < -0.4 is 20.5 Å². The van der Waals surface area contributed by atoms with Crippen LogP contribution in [-0.4, -0.2) is 44.5 Å². The van der Waals surface area contributed by atoms with Crippen LogP contribution in [0.1, 0.15) is 12.5 Å². The zero-order valence-electron chi connectivity index (χ0n) is 14.0. The first-order valence-corrected chi connectivity index (χ1v) is 9.03. The lowest BCUT2D eigenvalue weighted by Gasteiger charge is -2.12. The number of fused-ring (bicyclic) bond motifs is 2. The molecule has 1 aromatic carbocycles. The summed E-state index contributed by atoms with van der Waals surface area (Å²) in [5.74, 6) is 2.93. The van der Waals surface area contributed by atoms with Crippen LogP contribution in [0.5, 0.6) is 11.5 Å². The summed E-state index contributed by atoms with van der Waals surface area (Å²) in [6, 6.07) is 5.62. The van der Waals surface area contributed by atoms with E-state index in [-0.39, 0.29) is 25.4 Å². The van der Waals surface area contributed by atoms with E-state index in [4.69, 9.17) is 15.2 Å². The first-order chi connectivity index (χ1) is 12.6. The molecule has 136 valence electrons. The minimum Gasteiger partial charge on any atom is -0.454 e. The summed E-state index contributed by atoms with van der Waals surface area (Å²) in [4.78, 5) is 16.1. The molecule has 0 fully saturated rings. The van der Waals surface area contributed by atoms with Crippen molar-refractivity contribution >= 4 is 34.7 Å². The highest BCUT2D eigenvalue weighted by atomic mass is 32.2. The number of hydrogen-bond donors (Lipinski definition) is 4. The van der Waals surface area contributed by atoms with Gasteiger partial charge in [0.25, 0.3) is 0 Å². The van der Waals surface area contributed by atoms with Gasteiger partial charge < -0.3 is 30.6 Å². The van der Waals surface area contributed by atoms with Crippen LogP contribution in [-0.2, 0) is 5.75 Å². The molecule has 4 rings (SSSR count). The lowest BCUT2D eigenvalue weighted by Crippen LogP contribution is -2.20. The predicted molar refractivity (Wildman–Crippen MR) is 98.4 cm³/mol. The molecule has 1 aliphatic rings. The number of nitrogens with two attached hydrogens (primary N) is 1. The third kappa shape index (κ3) is 3.20. The zero-order valence-corrected chi connectivity index (χ0v) is 14.8. The fraction of sp³-hybridized carbons (Fsp3) is 0.312. The molecule has 0 saturated heterocycles. The fourth-order valence-corrected chi connectivity index (χ4v) is 3.41. The molecule has 0 spiro atoms. The largest absolute Gasteiger partial charge is 0.454 e. The summed E-state index contributed by atoms with van der Waals surface area (Å²) in [5, 5.41) is 13.0. The van der Waals surface area contributed by atoms with Crippen LogP contribution in [0.25, 0.3) is 11.2 Å². The number of benzene rings is 1. The van der Waals surface area contributed by atoms with E-state index >= 15 is 0 Å². The van der Waals surface area contributed by atoms with Gasteiger partial charge in [-0.15, -0.1) is 0 Å². The van der Waals surface area contributed by atoms with E-state index in [9.17, 15) is 5.11 Å². The molecule has 1 aliphatic heterocycles. The molecular weight excluding hydrogens is 356 g/mol. The van der Waals surface area contributed by atoms with Crippen LogP contribution in [0, 0.1) is 0 Å². The minimum absolute atomic E-state index is 0.0264. The lowest BCUT2D eigenvalue weighted by atomic mass is 10.2. The number of para-hydroxylation sites is 1. The van der Waals surface area contributed by atoms with Crippen molar-refractivity contribution in [3.63, 3.8) is 0 Å². The summed E-state index contributed by atoms with van der Waals surface area (Å²) < 4.78 is 10.9. The Balaban J connectivity index is 1.61. The van der Waals surface area contributed by atoms with Gasteiger partial charge in [-0.2, -0.15) is 0 Å². The fourth-order valence-electron chi connectivity index (χ4n) is 2.59. The third-order valence-electron chi connectivity index (χ3n) is 3.83. The van der Waals surface area contributed by atoms with Crippen LogP contribution in [0.4, 0.5) is 11.8 Å². The number of aromatic nitrogens is 4. The Morgan fingerprint density at radius 2 is 2.23 bits per heavy atom. The molecule has 0 aliphatic carbocycles. The van der Waals surface area contributed by atoms with Gasteiger partial charge >= 0.3 is 0 Å². The van der Waals surface area contributed by atoms with Gasteiger partial charge in [0.2, 0.25) is 6.79 Å². The third-order valence-corrected chi connectivity index (χ3v) is 4.73. The molecule has 3 aromatic rings. The number of thioether (sulfide) groups is 1. The Morgan fingerprint density at radius 3 is 3.08 bits per heavy atom. The van der Waals surface area contributed by atoms with Gasteiger partial charge in [0.1, 0.15) is 0 Å². The van der Waals surface area contributed by atoms with Gasteiger partial charge in [0.05, 0.1) is 6.61 Å². The highest BCUT2D eigenvalue weighted by Crippen LogP contribution is 2.38. The first kappa shape index (κ1) is 16.7. The molecule has 26 heavy (non-hydrogen) atoms. The maximum absolute atomic E-state index is 9.29. The van der Waals surface area contributed by atoms with E-state index in [2.05, 4.69) is 25.3 Å². The molecule has 1 atom stereocenters. The minimum atomic E-state index is -0.174. The Labute approximate surface area is 153 Å². The maximum Gasteiger partial charge on any atom is 0.231 e. The number of aliphatic hydroxyl groups is 1. The van der Waals surface area contributed by atoms with E-state index < -0.39 is 0 Å². The monoisotopic (exact) mass is 374 g/mol. The number of nitrogen functional groups attached to an aromatic ring is 1. The molecule has 3 heterocycles.